The molecule has 0 aromatic heterocycles. The summed E-state index contributed by atoms with van der Waals surface area (Å²) in [5.74, 6) is -0.379. The van der Waals surface area contributed by atoms with Gasteiger partial charge in [0.1, 0.15) is 0 Å². The number of ether oxygens (including phenoxy) is 2. The van der Waals surface area contributed by atoms with Gasteiger partial charge in [-0.05, 0) is 0 Å². The topological polar surface area (TPSA) is 55.8 Å². The average molecular weight is 174 g/mol. The van der Waals surface area contributed by atoms with Gasteiger partial charge >= 0.3 is 5.97 Å². The molecule has 1 unspecified atom stereocenters. The minimum atomic E-state index is -0.654. The molecule has 4 heteroatoms. The smallest absolute Gasteiger partial charge is 0.308 e. The summed E-state index contributed by atoms with van der Waals surface area (Å²) < 4.78 is 9.41. The summed E-state index contributed by atoms with van der Waals surface area (Å²) in [6.07, 6.45) is -0.602. The third-order valence-corrected chi connectivity index (χ3v) is 2.26. The summed E-state index contributed by atoms with van der Waals surface area (Å²) >= 11 is 0. The number of aliphatic hydroxyl groups is 1. The lowest BCUT2D eigenvalue weighted by Crippen LogP contribution is -2.49. The molecule has 0 aliphatic carbocycles. The van der Waals surface area contributed by atoms with Crippen LogP contribution in [0.3, 0.4) is 0 Å². The molecule has 1 atom stereocenters. The van der Waals surface area contributed by atoms with Crippen LogP contribution in [0.2, 0.25) is 0 Å². The van der Waals surface area contributed by atoms with E-state index in [9.17, 15) is 9.90 Å². The van der Waals surface area contributed by atoms with Crippen molar-refractivity contribution in [2.45, 2.75) is 19.4 Å². The van der Waals surface area contributed by atoms with Crippen LogP contribution in [0.4, 0.5) is 0 Å². The van der Waals surface area contributed by atoms with Crippen LogP contribution in [-0.4, -0.2) is 37.5 Å². The maximum absolute atomic E-state index is 10.8. The van der Waals surface area contributed by atoms with Crippen LogP contribution in [0, 0.1) is 5.41 Å². The highest BCUT2D eigenvalue weighted by Gasteiger charge is 2.41. The van der Waals surface area contributed by atoms with Crippen molar-refractivity contribution in [3.8, 4) is 0 Å². The van der Waals surface area contributed by atoms with Crippen LogP contribution in [0.1, 0.15) is 13.3 Å². The first-order valence-electron chi connectivity index (χ1n) is 3.91. The van der Waals surface area contributed by atoms with Gasteiger partial charge in [-0.15, -0.1) is 0 Å². The third kappa shape index (κ3) is 1.76. The van der Waals surface area contributed by atoms with Gasteiger partial charge in [-0.25, -0.2) is 0 Å². The molecule has 1 rings (SSSR count). The molecule has 0 amide bonds. The summed E-state index contributed by atoms with van der Waals surface area (Å²) in [5.41, 5.74) is -0.256. The summed E-state index contributed by atoms with van der Waals surface area (Å²) in [5, 5.41) is 9.55. The number of hydrogen-bond donors (Lipinski definition) is 1. The van der Waals surface area contributed by atoms with Crippen LogP contribution >= 0.6 is 0 Å². The maximum Gasteiger partial charge on any atom is 0.308 e. The van der Waals surface area contributed by atoms with Crippen molar-refractivity contribution < 1.29 is 19.4 Å². The Morgan fingerprint density at radius 1 is 1.75 bits per heavy atom. The highest BCUT2D eigenvalue weighted by atomic mass is 16.5. The highest BCUT2D eigenvalue weighted by molar-refractivity contribution is 5.69. The predicted molar refractivity (Wildman–Crippen MR) is 41.6 cm³/mol. The van der Waals surface area contributed by atoms with Crippen LogP contribution in [0.5, 0.6) is 0 Å². The number of aliphatic hydroxyl groups excluding tert-OH is 1. The van der Waals surface area contributed by atoms with Gasteiger partial charge in [0, 0.05) is 5.41 Å². The zero-order valence-corrected chi connectivity index (χ0v) is 7.37. The molecule has 70 valence electrons. The molecule has 12 heavy (non-hydrogen) atoms. The number of carbonyl (C=O) groups is 1. The predicted octanol–water partition coefficient (Wildman–Crippen LogP) is -0.0531. The lowest BCUT2D eigenvalue weighted by atomic mass is 9.81. The number of rotatable bonds is 3. The summed E-state index contributed by atoms with van der Waals surface area (Å²) in [7, 11) is 1.31. The molecule has 1 N–H and O–H groups in total. The second-order valence-electron chi connectivity index (χ2n) is 3.44. The Morgan fingerprint density at radius 3 is 2.67 bits per heavy atom. The van der Waals surface area contributed by atoms with Crippen molar-refractivity contribution in [2.75, 3.05) is 20.3 Å². The fourth-order valence-electron chi connectivity index (χ4n) is 1.10. The molecule has 0 bridgehead atoms. The van der Waals surface area contributed by atoms with E-state index >= 15 is 0 Å². The van der Waals surface area contributed by atoms with Crippen LogP contribution < -0.4 is 0 Å². The second kappa shape index (κ2) is 3.41. The molecule has 1 saturated heterocycles. The van der Waals surface area contributed by atoms with E-state index < -0.39 is 6.10 Å². The number of esters is 1. The number of methoxy groups -OCH3 is 1. The first-order valence-corrected chi connectivity index (χ1v) is 3.91. The van der Waals surface area contributed by atoms with Crippen LogP contribution in [0.25, 0.3) is 0 Å². The van der Waals surface area contributed by atoms with Gasteiger partial charge in [-0.2, -0.15) is 0 Å². The quantitative estimate of drug-likeness (QED) is 0.609. The average Bonchev–Trinajstić information content (AvgIpc) is 1.99. The first kappa shape index (κ1) is 9.48. The van der Waals surface area contributed by atoms with E-state index in [0.29, 0.717) is 13.2 Å². The Bertz CT molecular complexity index is 174. The number of carbonyl (C=O) groups excluding carboxylic acids is 1. The van der Waals surface area contributed by atoms with E-state index in [2.05, 4.69) is 4.74 Å². The van der Waals surface area contributed by atoms with Crippen molar-refractivity contribution in [1.29, 1.82) is 0 Å². The molecule has 0 saturated carbocycles. The zero-order valence-electron chi connectivity index (χ0n) is 7.37. The molecule has 0 aromatic carbocycles. The van der Waals surface area contributed by atoms with Gasteiger partial charge in [0.25, 0.3) is 0 Å². The minimum absolute atomic E-state index is 0.0519. The molecule has 1 fully saturated rings. The van der Waals surface area contributed by atoms with E-state index in [0.717, 1.165) is 0 Å². The summed E-state index contributed by atoms with van der Waals surface area (Å²) in [6.45, 7) is 2.93. The third-order valence-electron chi connectivity index (χ3n) is 2.26. The van der Waals surface area contributed by atoms with Crippen LogP contribution in [-0.2, 0) is 14.3 Å². The van der Waals surface area contributed by atoms with E-state index in [4.69, 9.17) is 4.74 Å². The standard InChI is InChI=1S/C8H14O4/c1-8(4-12-5-8)6(9)3-7(10)11-2/h6,9H,3-5H2,1-2H3. The fraction of sp³-hybridized carbons (Fsp3) is 0.875. The molecule has 0 spiro atoms. The fourth-order valence-corrected chi connectivity index (χ4v) is 1.10. The van der Waals surface area contributed by atoms with Crippen molar-refractivity contribution in [2.24, 2.45) is 5.41 Å². The lowest BCUT2D eigenvalue weighted by Gasteiger charge is -2.41. The molecule has 4 nitrogen and oxygen atoms in total. The van der Waals surface area contributed by atoms with Crippen molar-refractivity contribution in [3.05, 3.63) is 0 Å². The molecule has 1 aliphatic rings. The maximum atomic E-state index is 10.8. The molecule has 1 aliphatic heterocycles. The van der Waals surface area contributed by atoms with Gasteiger partial charge in [0.15, 0.2) is 0 Å². The largest absolute Gasteiger partial charge is 0.469 e. The van der Waals surface area contributed by atoms with Gasteiger partial charge in [0.2, 0.25) is 0 Å². The summed E-state index contributed by atoms with van der Waals surface area (Å²) in [6, 6.07) is 0. The molecule has 1 heterocycles. The summed E-state index contributed by atoms with van der Waals surface area (Å²) in [4.78, 5) is 10.8. The lowest BCUT2D eigenvalue weighted by molar-refractivity contribution is -0.172. The van der Waals surface area contributed by atoms with Gasteiger partial charge in [-0.3, -0.25) is 4.79 Å². The molecule has 0 aromatic rings. The van der Waals surface area contributed by atoms with E-state index in [-0.39, 0.29) is 17.8 Å². The van der Waals surface area contributed by atoms with Crippen molar-refractivity contribution in [3.63, 3.8) is 0 Å². The highest BCUT2D eigenvalue weighted by Crippen LogP contribution is 2.32. The Hall–Kier alpha value is -0.610. The Morgan fingerprint density at radius 2 is 2.33 bits per heavy atom. The van der Waals surface area contributed by atoms with Gasteiger partial charge in [-0.1, -0.05) is 6.92 Å². The molecular formula is C8H14O4. The van der Waals surface area contributed by atoms with E-state index in [1.165, 1.54) is 7.11 Å². The molecule has 0 radical (unpaired) electrons. The second-order valence-corrected chi connectivity index (χ2v) is 3.44. The Labute approximate surface area is 71.5 Å². The van der Waals surface area contributed by atoms with E-state index in [1.54, 1.807) is 0 Å². The SMILES string of the molecule is COC(=O)CC(O)C1(C)COC1. The van der Waals surface area contributed by atoms with Crippen molar-refractivity contribution >= 4 is 5.97 Å². The minimum Gasteiger partial charge on any atom is -0.469 e. The van der Waals surface area contributed by atoms with Gasteiger partial charge < -0.3 is 14.6 Å². The molecular weight excluding hydrogens is 160 g/mol. The normalized spacial score (nSPS) is 22.6. The monoisotopic (exact) mass is 174 g/mol. The van der Waals surface area contributed by atoms with E-state index in [1.807, 2.05) is 6.92 Å². The zero-order chi connectivity index (χ0) is 9.19. The number of hydrogen-bond acceptors (Lipinski definition) is 4. The van der Waals surface area contributed by atoms with Gasteiger partial charge in [0.05, 0.1) is 32.8 Å². The first-order chi connectivity index (χ1) is 5.58. The van der Waals surface area contributed by atoms with Crippen molar-refractivity contribution in [1.82, 2.24) is 0 Å². The Kier molecular flexibility index (Phi) is 2.69. The Balaban J connectivity index is 2.37. The van der Waals surface area contributed by atoms with Crippen LogP contribution in [0.15, 0.2) is 0 Å².